The molecule has 0 radical (unpaired) electrons. The molecule has 0 aliphatic carbocycles. The van der Waals surface area contributed by atoms with E-state index in [1.54, 1.807) is 30.5 Å². The molecule has 0 bridgehead atoms. The first-order valence-corrected chi connectivity index (χ1v) is 7.70. The second kappa shape index (κ2) is 6.62. The summed E-state index contributed by atoms with van der Waals surface area (Å²) in [5.74, 6) is -0.940. The van der Waals surface area contributed by atoms with E-state index < -0.39 is 5.97 Å². The van der Waals surface area contributed by atoms with Crippen LogP contribution in [0.2, 0.25) is 0 Å². The van der Waals surface area contributed by atoms with E-state index in [1.165, 1.54) is 0 Å². The van der Waals surface area contributed by atoms with Crippen molar-refractivity contribution in [2.45, 2.75) is 26.3 Å². The zero-order chi connectivity index (χ0) is 17.1. The third-order valence-electron chi connectivity index (χ3n) is 4.00. The molecule has 6 nitrogen and oxygen atoms in total. The van der Waals surface area contributed by atoms with Gasteiger partial charge in [-0.3, -0.25) is 4.98 Å². The van der Waals surface area contributed by atoms with E-state index in [-0.39, 0.29) is 11.6 Å². The SMILES string of the molecule is Cc1cccnc1C[C@@H](C)n1cc(-c2ccc(C(=O)O)cc2)nn1. The Morgan fingerprint density at radius 3 is 2.67 bits per heavy atom. The summed E-state index contributed by atoms with van der Waals surface area (Å²) in [6.07, 6.45) is 4.44. The molecule has 2 heterocycles. The number of aromatic carboxylic acids is 1. The van der Waals surface area contributed by atoms with Gasteiger partial charge < -0.3 is 5.11 Å². The van der Waals surface area contributed by atoms with Gasteiger partial charge in [0.2, 0.25) is 0 Å². The lowest BCUT2D eigenvalue weighted by atomic mass is 10.1. The topological polar surface area (TPSA) is 80.9 Å². The number of carbonyl (C=O) groups is 1. The Hall–Kier alpha value is -3.02. The van der Waals surface area contributed by atoms with Crippen molar-refractivity contribution < 1.29 is 9.90 Å². The average Bonchev–Trinajstić information content (AvgIpc) is 3.07. The smallest absolute Gasteiger partial charge is 0.335 e. The first-order valence-electron chi connectivity index (χ1n) is 7.70. The van der Waals surface area contributed by atoms with Crippen LogP contribution in [0.15, 0.2) is 48.8 Å². The van der Waals surface area contributed by atoms with Crippen molar-refractivity contribution in [3.8, 4) is 11.3 Å². The number of hydrogen-bond donors (Lipinski definition) is 1. The number of aryl methyl sites for hydroxylation is 1. The van der Waals surface area contributed by atoms with E-state index in [0.717, 1.165) is 28.9 Å². The Balaban J connectivity index is 1.77. The molecule has 0 aliphatic heterocycles. The molecule has 0 amide bonds. The van der Waals surface area contributed by atoms with Crippen molar-refractivity contribution in [2.75, 3.05) is 0 Å². The second-order valence-corrected chi connectivity index (χ2v) is 5.79. The van der Waals surface area contributed by atoms with Crippen LogP contribution in [0.4, 0.5) is 0 Å². The number of carboxylic acids is 1. The lowest BCUT2D eigenvalue weighted by molar-refractivity contribution is 0.0697. The maximum absolute atomic E-state index is 10.9. The van der Waals surface area contributed by atoms with Crippen LogP contribution in [0, 0.1) is 6.92 Å². The minimum absolute atomic E-state index is 0.123. The molecule has 0 spiro atoms. The fourth-order valence-corrected chi connectivity index (χ4v) is 2.51. The maximum Gasteiger partial charge on any atom is 0.335 e. The lowest BCUT2D eigenvalue weighted by Gasteiger charge is -2.12. The number of carboxylic acid groups (broad SMARTS) is 1. The van der Waals surface area contributed by atoms with Crippen LogP contribution in [0.3, 0.4) is 0 Å². The zero-order valence-electron chi connectivity index (χ0n) is 13.5. The molecular formula is C18H18N4O2. The van der Waals surface area contributed by atoms with Gasteiger partial charge in [-0.25, -0.2) is 9.48 Å². The normalized spacial score (nSPS) is 12.1. The average molecular weight is 322 g/mol. The minimum Gasteiger partial charge on any atom is -0.478 e. The van der Waals surface area contributed by atoms with Gasteiger partial charge in [0.25, 0.3) is 0 Å². The summed E-state index contributed by atoms with van der Waals surface area (Å²) in [7, 11) is 0. The van der Waals surface area contributed by atoms with Crippen molar-refractivity contribution in [1.82, 2.24) is 20.0 Å². The third-order valence-corrected chi connectivity index (χ3v) is 4.00. The van der Waals surface area contributed by atoms with Crippen LogP contribution in [0.25, 0.3) is 11.3 Å². The van der Waals surface area contributed by atoms with Crippen LogP contribution in [-0.2, 0) is 6.42 Å². The van der Waals surface area contributed by atoms with Gasteiger partial charge in [0.1, 0.15) is 5.69 Å². The monoisotopic (exact) mass is 322 g/mol. The van der Waals surface area contributed by atoms with Gasteiger partial charge in [-0.1, -0.05) is 23.4 Å². The second-order valence-electron chi connectivity index (χ2n) is 5.79. The lowest BCUT2D eigenvalue weighted by Crippen LogP contribution is -2.10. The highest BCUT2D eigenvalue weighted by atomic mass is 16.4. The Kier molecular flexibility index (Phi) is 4.37. The Morgan fingerprint density at radius 1 is 1.25 bits per heavy atom. The van der Waals surface area contributed by atoms with Gasteiger partial charge in [-0.2, -0.15) is 0 Å². The van der Waals surface area contributed by atoms with Crippen LogP contribution in [0.1, 0.15) is 34.6 Å². The molecular weight excluding hydrogens is 304 g/mol. The number of hydrogen-bond acceptors (Lipinski definition) is 4. The molecule has 0 aliphatic rings. The highest BCUT2D eigenvalue weighted by Crippen LogP contribution is 2.20. The fraction of sp³-hybridized carbons (Fsp3) is 0.222. The molecule has 0 fully saturated rings. The van der Waals surface area contributed by atoms with E-state index in [0.29, 0.717) is 0 Å². The van der Waals surface area contributed by atoms with Crippen molar-refractivity contribution in [1.29, 1.82) is 0 Å². The van der Waals surface area contributed by atoms with Gasteiger partial charge in [0, 0.05) is 23.9 Å². The predicted octanol–water partition coefficient (Wildman–Crippen LogP) is 3.15. The molecule has 1 aromatic carbocycles. The largest absolute Gasteiger partial charge is 0.478 e. The van der Waals surface area contributed by atoms with Crippen LogP contribution < -0.4 is 0 Å². The van der Waals surface area contributed by atoms with E-state index in [4.69, 9.17) is 5.11 Å². The third kappa shape index (κ3) is 3.32. The number of aromatic nitrogens is 4. The van der Waals surface area contributed by atoms with Gasteiger partial charge >= 0.3 is 5.97 Å². The van der Waals surface area contributed by atoms with E-state index in [1.807, 2.05) is 29.9 Å². The molecule has 2 aromatic heterocycles. The van der Waals surface area contributed by atoms with Crippen LogP contribution in [-0.4, -0.2) is 31.1 Å². The molecule has 3 aromatic rings. The van der Waals surface area contributed by atoms with Crippen molar-refractivity contribution in [3.63, 3.8) is 0 Å². The highest BCUT2D eigenvalue weighted by Gasteiger charge is 2.12. The highest BCUT2D eigenvalue weighted by molar-refractivity contribution is 5.88. The standard InChI is InChI=1S/C18H18N4O2/c1-12-4-3-9-19-16(12)10-13(2)22-11-17(20-21-22)14-5-7-15(8-6-14)18(23)24/h3-9,11,13H,10H2,1-2H3,(H,23,24)/t13-/m1/s1. The Labute approximate surface area is 139 Å². The Bertz CT molecular complexity index is 855. The van der Waals surface area contributed by atoms with E-state index in [2.05, 4.69) is 22.2 Å². The summed E-state index contributed by atoms with van der Waals surface area (Å²) < 4.78 is 1.81. The summed E-state index contributed by atoms with van der Waals surface area (Å²) in [5.41, 5.74) is 4.02. The molecule has 122 valence electrons. The molecule has 24 heavy (non-hydrogen) atoms. The molecule has 0 unspecified atom stereocenters. The van der Waals surface area contributed by atoms with Crippen LogP contribution in [0.5, 0.6) is 0 Å². The Morgan fingerprint density at radius 2 is 2.00 bits per heavy atom. The molecule has 0 saturated heterocycles. The zero-order valence-corrected chi connectivity index (χ0v) is 13.5. The first kappa shape index (κ1) is 15.9. The first-order chi connectivity index (χ1) is 11.5. The summed E-state index contributed by atoms with van der Waals surface area (Å²) in [6.45, 7) is 4.12. The molecule has 1 atom stereocenters. The quantitative estimate of drug-likeness (QED) is 0.780. The van der Waals surface area contributed by atoms with E-state index in [9.17, 15) is 4.79 Å². The molecule has 0 saturated carbocycles. The molecule has 3 rings (SSSR count). The summed E-state index contributed by atoms with van der Waals surface area (Å²) in [6, 6.07) is 10.7. The van der Waals surface area contributed by atoms with Crippen molar-refractivity contribution in [3.05, 3.63) is 65.6 Å². The summed E-state index contributed by atoms with van der Waals surface area (Å²) in [4.78, 5) is 15.3. The molecule has 1 N–H and O–H groups in total. The van der Waals surface area contributed by atoms with E-state index >= 15 is 0 Å². The summed E-state index contributed by atoms with van der Waals surface area (Å²) in [5, 5.41) is 17.3. The van der Waals surface area contributed by atoms with Crippen molar-refractivity contribution >= 4 is 5.97 Å². The van der Waals surface area contributed by atoms with Crippen LogP contribution >= 0.6 is 0 Å². The minimum atomic E-state index is -0.940. The maximum atomic E-state index is 10.9. The molecule has 6 heteroatoms. The number of benzene rings is 1. The number of pyridine rings is 1. The van der Waals surface area contributed by atoms with Gasteiger partial charge in [0.15, 0.2) is 0 Å². The number of rotatable bonds is 5. The van der Waals surface area contributed by atoms with Gasteiger partial charge in [0.05, 0.1) is 17.8 Å². The van der Waals surface area contributed by atoms with Crippen molar-refractivity contribution in [2.24, 2.45) is 0 Å². The summed E-state index contributed by atoms with van der Waals surface area (Å²) >= 11 is 0. The number of nitrogens with zero attached hydrogens (tertiary/aromatic N) is 4. The van der Waals surface area contributed by atoms with Gasteiger partial charge in [-0.15, -0.1) is 5.10 Å². The van der Waals surface area contributed by atoms with Gasteiger partial charge in [-0.05, 0) is 37.6 Å². The predicted molar refractivity (Wildman–Crippen MR) is 89.8 cm³/mol. The fourth-order valence-electron chi connectivity index (χ4n) is 2.51.